The molecule has 0 amide bonds. The molecule has 0 aliphatic heterocycles. The van der Waals surface area contributed by atoms with Crippen LogP contribution in [0.15, 0.2) is 11.6 Å². The first kappa shape index (κ1) is 22.8. The third-order valence-electron chi connectivity index (χ3n) is 10.5. The molecule has 172 valence electrons. The van der Waals surface area contributed by atoms with Crippen LogP contribution in [0.4, 0.5) is 0 Å². The fraction of sp³-hybridized carbons (Fsp3) is 0.929. The van der Waals surface area contributed by atoms with Crippen LogP contribution in [0.25, 0.3) is 0 Å². The van der Waals surface area contributed by atoms with Gasteiger partial charge in [-0.1, -0.05) is 45.8 Å². The van der Waals surface area contributed by atoms with E-state index >= 15 is 0 Å². The molecule has 0 spiro atoms. The summed E-state index contributed by atoms with van der Waals surface area (Å²) in [5, 5.41) is 20.4. The maximum absolute atomic E-state index is 10.2. The largest absolute Gasteiger partial charge is 0.393 e. The predicted molar refractivity (Wildman–Crippen MR) is 125 cm³/mol. The summed E-state index contributed by atoms with van der Waals surface area (Å²) in [6, 6.07) is 0. The van der Waals surface area contributed by atoms with E-state index in [0.717, 1.165) is 42.9 Å². The van der Waals surface area contributed by atoms with Crippen molar-refractivity contribution in [3.63, 3.8) is 0 Å². The second-order valence-electron chi connectivity index (χ2n) is 11.8. The lowest BCUT2D eigenvalue weighted by molar-refractivity contribution is -0.0511. The summed E-state index contributed by atoms with van der Waals surface area (Å²) in [5.74, 6) is 4.17. The van der Waals surface area contributed by atoms with E-state index in [-0.39, 0.29) is 12.2 Å². The van der Waals surface area contributed by atoms with Crippen LogP contribution in [0.3, 0.4) is 0 Å². The summed E-state index contributed by atoms with van der Waals surface area (Å²) in [4.78, 5) is 0. The van der Waals surface area contributed by atoms with Gasteiger partial charge in [-0.2, -0.15) is 0 Å². The Morgan fingerprint density at radius 1 is 1.00 bits per heavy atom. The van der Waals surface area contributed by atoms with Crippen molar-refractivity contribution in [2.24, 2.45) is 40.4 Å². The van der Waals surface area contributed by atoms with Gasteiger partial charge in [-0.05, 0) is 117 Å². The maximum atomic E-state index is 10.2. The molecule has 8 unspecified atom stereocenters. The van der Waals surface area contributed by atoms with Crippen LogP contribution in [0.1, 0.15) is 111 Å². The zero-order valence-corrected chi connectivity index (χ0v) is 20.2. The molecule has 0 aromatic carbocycles. The average molecular weight is 417 g/mol. The van der Waals surface area contributed by atoms with E-state index in [9.17, 15) is 10.2 Å². The van der Waals surface area contributed by atoms with Crippen molar-refractivity contribution >= 4 is 0 Å². The van der Waals surface area contributed by atoms with E-state index in [2.05, 4.69) is 19.9 Å². The van der Waals surface area contributed by atoms with Gasteiger partial charge in [0.1, 0.15) is 0 Å². The molecule has 2 heteroatoms. The molecule has 0 heterocycles. The highest BCUT2D eigenvalue weighted by molar-refractivity contribution is 5.25. The van der Waals surface area contributed by atoms with Gasteiger partial charge in [0.25, 0.3) is 0 Å². The second-order valence-corrected chi connectivity index (χ2v) is 11.8. The quantitative estimate of drug-likeness (QED) is 0.479. The van der Waals surface area contributed by atoms with Crippen molar-refractivity contribution in [2.45, 2.75) is 123 Å². The highest BCUT2D eigenvalue weighted by Gasteiger charge is 2.58. The monoisotopic (exact) mass is 416 g/mol. The van der Waals surface area contributed by atoms with Gasteiger partial charge >= 0.3 is 0 Å². The normalized spacial score (nSPS) is 45.9. The predicted octanol–water partition coefficient (Wildman–Crippen LogP) is 6.89. The van der Waals surface area contributed by atoms with Crippen molar-refractivity contribution in [3.05, 3.63) is 11.6 Å². The van der Waals surface area contributed by atoms with E-state index < -0.39 is 0 Å². The van der Waals surface area contributed by atoms with E-state index in [1.165, 1.54) is 64.2 Å². The lowest BCUT2D eigenvalue weighted by Gasteiger charge is -2.58. The van der Waals surface area contributed by atoms with Crippen LogP contribution in [0.5, 0.6) is 0 Å². The molecule has 5 aliphatic rings. The number of aliphatic hydroxyl groups excluding tert-OH is 2. The molecule has 2 nitrogen and oxygen atoms in total. The van der Waals surface area contributed by atoms with Crippen LogP contribution in [0.2, 0.25) is 0 Å². The van der Waals surface area contributed by atoms with Crippen LogP contribution >= 0.6 is 0 Å². The fourth-order valence-corrected chi connectivity index (χ4v) is 8.51. The summed E-state index contributed by atoms with van der Waals surface area (Å²) < 4.78 is 0. The molecule has 4 fully saturated rings. The molecule has 5 aliphatic carbocycles. The number of fused-ring (bicyclic) bond motifs is 5. The van der Waals surface area contributed by atoms with Crippen LogP contribution in [-0.4, -0.2) is 22.4 Å². The van der Waals surface area contributed by atoms with Crippen molar-refractivity contribution in [2.75, 3.05) is 0 Å². The lowest BCUT2D eigenvalue weighted by atomic mass is 9.47. The summed E-state index contributed by atoms with van der Waals surface area (Å²) in [5.41, 5.74) is 2.51. The van der Waals surface area contributed by atoms with Gasteiger partial charge in [0, 0.05) is 0 Å². The minimum absolute atomic E-state index is 0.00996. The van der Waals surface area contributed by atoms with Gasteiger partial charge in [0.15, 0.2) is 0 Å². The topological polar surface area (TPSA) is 40.5 Å². The standard InChI is InChI=1S/C26H42O2.C2H6/c1-25-15-13-23-21(10-8-19-16-20(27)12-14-26(19,23)2)22(25)11-9-18(25)4-3-5-24(28)17-6-7-17;1-2/h8,17-18,20-24,27-28H,3-7,9-16H2,1-2H3;1-2H3. The van der Waals surface area contributed by atoms with E-state index in [1.807, 2.05) is 13.8 Å². The van der Waals surface area contributed by atoms with Gasteiger partial charge in [-0.15, -0.1) is 0 Å². The van der Waals surface area contributed by atoms with Crippen molar-refractivity contribution < 1.29 is 10.2 Å². The van der Waals surface area contributed by atoms with Gasteiger partial charge in [0.2, 0.25) is 0 Å². The SMILES string of the molecule is CC.CC12CCC(O)CC1=CCC1C2CCC2(C)C(CCCC(O)C3CC3)CCC12. The number of hydrogen-bond donors (Lipinski definition) is 2. The van der Waals surface area contributed by atoms with Gasteiger partial charge in [0.05, 0.1) is 12.2 Å². The van der Waals surface area contributed by atoms with Crippen molar-refractivity contribution in [1.29, 1.82) is 0 Å². The summed E-state index contributed by atoms with van der Waals surface area (Å²) in [6.45, 7) is 9.17. The Bertz CT molecular complexity index is 622. The Balaban J connectivity index is 0.00000106. The molecule has 0 saturated heterocycles. The Morgan fingerprint density at radius 2 is 1.77 bits per heavy atom. The maximum Gasteiger partial charge on any atom is 0.0577 e. The molecule has 5 rings (SSSR count). The van der Waals surface area contributed by atoms with E-state index in [1.54, 1.807) is 5.57 Å². The molecule has 0 radical (unpaired) electrons. The van der Waals surface area contributed by atoms with Crippen molar-refractivity contribution in [1.82, 2.24) is 0 Å². The molecular weight excluding hydrogens is 368 g/mol. The molecule has 0 aromatic rings. The number of hydrogen-bond acceptors (Lipinski definition) is 2. The number of aliphatic hydroxyl groups is 2. The molecule has 8 atom stereocenters. The summed E-state index contributed by atoms with van der Waals surface area (Å²) >= 11 is 0. The first-order chi connectivity index (χ1) is 14.4. The minimum atomic E-state index is -0.0911. The molecule has 30 heavy (non-hydrogen) atoms. The first-order valence-electron chi connectivity index (χ1n) is 13.5. The Morgan fingerprint density at radius 3 is 2.50 bits per heavy atom. The van der Waals surface area contributed by atoms with Gasteiger partial charge < -0.3 is 10.2 Å². The summed E-state index contributed by atoms with van der Waals surface area (Å²) in [6.07, 6.45) is 18.7. The van der Waals surface area contributed by atoms with Gasteiger partial charge in [-0.3, -0.25) is 0 Å². The Kier molecular flexibility index (Phi) is 6.77. The highest BCUT2D eigenvalue weighted by Crippen LogP contribution is 2.66. The molecule has 0 bridgehead atoms. The second kappa shape index (κ2) is 8.89. The van der Waals surface area contributed by atoms with Gasteiger partial charge in [-0.25, -0.2) is 0 Å². The third-order valence-corrected chi connectivity index (χ3v) is 10.5. The fourth-order valence-electron chi connectivity index (χ4n) is 8.51. The third kappa shape index (κ3) is 3.94. The number of rotatable bonds is 5. The number of allylic oxidation sites excluding steroid dienone is 1. The smallest absolute Gasteiger partial charge is 0.0577 e. The molecular formula is C28H48O2. The Hall–Kier alpha value is -0.340. The zero-order chi connectivity index (χ0) is 21.5. The Labute approximate surface area is 185 Å². The van der Waals surface area contributed by atoms with E-state index in [4.69, 9.17) is 0 Å². The van der Waals surface area contributed by atoms with E-state index in [0.29, 0.717) is 16.7 Å². The van der Waals surface area contributed by atoms with Crippen LogP contribution < -0.4 is 0 Å². The van der Waals surface area contributed by atoms with Crippen LogP contribution in [0, 0.1) is 40.4 Å². The average Bonchev–Trinajstić information content (AvgIpc) is 3.54. The van der Waals surface area contributed by atoms with Crippen LogP contribution in [-0.2, 0) is 0 Å². The highest BCUT2D eigenvalue weighted by atomic mass is 16.3. The first-order valence-corrected chi connectivity index (χ1v) is 13.5. The summed E-state index contributed by atoms with van der Waals surface area (Å²) in [7, 11) is 0. The lowest BCUT2D eigenvalue weighted by Crippen LogP contribution is -2.50. The minimum Gasteiger partial charge on any atom is -0.393 e. The molecule has 4 saturated carbocycles. The molecule has 0 aromatic heterocycles. The van der Waals surface area contributed by atoms with Crippen molar-refractivity contribution in [3.8, 4) is 0 Å². The zero-order valence-electron chi connectivity index (χ0n) is 20.2. The molecule has 2 N–H and O–H groups in total.